The fraction of sp³-hybridized carbons (Fsp3) is 0.467. The fourth-order valence-electron chi connectivity index (χ4n) is 1.74. The molecule has 110 valence electrons. The number of nitrogens with zero attached hydrogens (tertiary/aromatic N) is 1. The number of carbonyl (C=O) groups is 2. The molecule has 1 heterocycles. The predicted molar refractivity (Wildman–Crippen MR) is 89.5 cm³/mol. The van der Waals surface area contributed by atoms with E-state index in [1.807, 2.05) is 37.2 Å². The lowest BCUT2D eigenvalue weighted by Gasteiger charge is -2.17. The molecule has 1 aliphatic heterocycles. The summed E-state index contributed by atoms with van der Waals surface area (Å²) < 4.78 is 0.723. The third-order valence-corrected chi connectivity index (χ3v) is 3.43. The maximum Gasteiger partial charge on any atom is 0.168 e. The van der Waals surface area contributed by atoms with Gasteiger partial charge in [-0.2, -0.15) is 0 Å². The van der Waals surface area contributed by atoms with Crippen molar-refractivity contribution in [2.75, 3.05) is 18.0 Å². The highest BCUT2D eigenvalue weighted by atomic mass is 127. The summed E-state index contributed by atoms with van der Waals surface area (Å²) in [5.74, 6) is -0.157. The number of carbonyl (C=O) groups excluding carboxylic acids is 2. The summed E-state index contributed by atoms with van der Waals surface area (Å²) in [6.45, 7) is 2.75. The van der Waals surface area contributed by atoms with E-state index in [0.717, 1.165) is 23.1 Å². The van der Waals surface area contributed by atoms with Crippen LogP contribution in [0.4, 0.5) is 0 Å². The number of alkyl halides is 1. The van der Waals surface area contributed by atoms with Gasteiger partial charge in [0.2, 0.25) is 0 Å². The Morgan fingerprint density at radius 3 is 2.65 bits per heavy atom. The molecule has 0 saturated heterocycles. The summed E-state index contributed by atoms with van der Waals surface area (Å²) in [5.41, 5.74) is 1.20. The van der Waals surface area contributed by atoms with Gasteiger partial charge in [0.15, 0.2) is 11.6 Å². The number of ketones is 2. The van der Waals surface area contributed by atoms with Crippen molar-refractivity contribution < 1.29 is 9.59 Å². The lowest BCUT2D eigenvalue weighted by atomic mass is 10.0. The molecule has 0 aromatic carbocycles. The van der Waals surface area contributed by atoms with Gasteiger partial charge in [-0.3, -0.25) is 9.59 Å². The van der Waals surface area contributed by atoms with Crippen molar-refractivity contribution in [3.05, 3.63) is 35.8 Å². The van der Waals surface area contributed by atoms with Crippen molar-refractivity contribution in [1.82, 2.24) is 10.2 Å². The molecule has 0 radical (unpaired) electrons. The summed E-state index contributed by atoms with van der Waals surface area (Å²) in [6, 6.07) is 0. The Kier molecular flexibility index (Phi) is 7.58. The third-order valence-electron chi connectivity index (χ3n) is 2.89. The summed E-state index contributed by atoms with van der Waals surface area (Å²) in [6.07, 6.45) is 9.02. The van der Waals surface area contributed by atoms with E-state index >= 15 is 0 Å². The van der Waals surface area contributed by atoms with E-state index in [-0.39, 0.29) is 17.1 Å². The number of Topliss-reactive ketones (excluding diaryl/α,β-unsaturated/α-hetero) is 2. The minimum absolute atomic E-state index is 0.0765. The molecule has 0 fully saturated rings. The highest BCUT2D eigenvalue weighted by Crippen LogP contribution is 2.09. The van der Waals surface area contributed by atoms with Crippen molar-refractivity contribution in [2.24, 2.45) is 0 Å². The van der Waals surface area contributed by atoms with Gasteiger partial charge in [-0.15, -0.1) is 0 Å². The van der Waals surface area contributed by atoms with Crippen molar-refractivity contribution in [3.63, 3.8) is 0 Å². The summed E-state index contributed by atoms with van der Waals surface area (Å²) in [7, 11) is 1.99. The van der Waals surface area contributed by atoms with Crippen LogP contribution in [0.1, 0.15) is 26.2 Å². The highest BCUT2D eigenvalue weighted by Gasteiger charge is 2.16. The normalized spacial score (nSPS) is 15.1. The van der Waals surface area contributed by atoms with Gasteiger partial charge in [0.05, 0.1) is 5.57 Å². The number of likely N-dealkylation sites (N-methyl/N-ethyl adjacent to an activating group) is 1. The summed E-state index contributed by atoms with van der Waals surface area (Å²) in [5, 5.41) is 3.06. The van der Waals surface area contributed by atoms with Gasteiger partial charge in [0.1, 0.15) is 0 Å². The largest absolute Gasteiger partial charge is 0.377 e. The van der Waals surface area contributed by atoms with Gasteiger partial charge in [0.25, 0.3) is 0 Å². The lowest BCUT2D eigenvalue weighted by Crippen LogP contribution is -2.20. The molecule has 4 nitrogen and oxygen atoms in total. The van der Waals surface area contributed by atoms with Crippen molar-refractivity contribution in [3.8, 4) is 0 Å². The average Bonchev–Trinajstić information content (AvgIpc) is 2.42. The Labute approximate surface area is 134 Å². The molecule has 5 heteroatoms. The van der Waals surface area contributed by atoms with E-state index < -0.39 is 0 Å². The van der Waals surface area contributed by atoms with Gasteiger partial charge in [-0.1, -0.05) is 29.5 Å². The monoisotopic (exact) mass is 388 g/mol. The van der Waals surface area contributed by atoms with Crippen LogP contribution in [0, 0.1) is 0 Å². The van der Waals surface area contributed by atoms with Gasteiger partial charge in [0, 0.05) is 49.0 Å². The van der Waals surface area contributed by atoms with Crippen LogP contribution < -0.4 is 5.32 Å². The minimum atomic E-state index is -0.0807. The molecule has 0 spiro atoms. The molecular weight excluding hydrogens is 367 g/mol. The van der Waals surface area contributed by atoms with Crippen molar-refractivity contribution in [1.29, 1.82) is 0 Å². The van der Waals surface area contributed by atoms with Crippen LogP contribution >= 0.6 is 22.6 Å². The Balaban J connectivity index is 2.77. The third kappa shape index (κ3) is 5.48. The molecule has 1 aliphatic rings. The molecule has 0 amide bonds. The number of hydrogen-bond donors (Lipinski definition) is 1. The molecule has 1 rings (SSSR count). The Bertz CT molecular complexity index is 433. The molecule has 20 heavy (non-hydrogen) atoms. The van der Waals surface area contributed by atoms with Crippen LogP contribution in [0.25, 0.3) is 0 Å². The number of nitrogens with one attached hydrogen (secondary N) is 1. The summed E-state index contributed by atoms with van der Waals surface area (Å²) >= 11 is 2.15. The highest BCUT2D eigenvalue weighted by molar-refractivity contribution is 14.1. The van der Waals surface area contributed by atoms with Gasteiger partial charge < -0.3 is 10.2 Å². The zero-order valence-electron chi connectivity index (χ0n) is 12.0. The van der Waals surface area contributed by atoms with Crippen molar-refractivity contribution in [2.45, 2.75) is 26.2 Å². The molecule has 0 aromatic heterocycles. The zero-order valence-corrected chi connectivity index (χ0v) is 14.1. The second-order valence-electron chi connectivity index (χ2n) is 4.65. The van der Waals surface area contributed by atoms with Crippen LogP contribution in [0.15, 0.2) is 35.8 Å². The minimum Gasteiger partial charge on any atom is -0.377 e. The number of hydrogen-bond acceptors (Lipinski definition) is 4. The van der Waals surface area contributed by atoms with Crippen LogP contribution in [-0.2, 0) is 9.59 Å². The topological polar surface area (TPSA) is 49.4 Å². The molecule has 0 atom stereocenters. The Morgan fingerprint density at radius 2 is 2.10 bits per heavy atom. The van der Waals surface area contributed by atoms with Crippen LogP contribution in [-0.4, -0.2) is 34.5 Å². The second kappa shape index (κ2) is 8.94. The zero-order chi connectivity index (χ0) is 15.0. The first-order chi connectivity index (χ1) is 9.58. The lowest BCUT2D eigenvalue weighted by molar-refractivity contribution is -0.121. The second-order valence-corrected chi connectivity index (χ2v) is 5.73. The van der Waals surface area contributed by atoms with E-state index in [9.17, 15) is 9.59 Å². The summed E-state index contributed by atoms with van der Waals surface area (Å²) in [4.78, 5) is 26.1. The standard InChI is InChI=1S/C15H21IN2O2/c1-3-4-14(19)13(15(20)5-8-16)11-17-12-6-9-18(2)10-7-12/h6-7,9,11,17H,3-5,8,10H2,1-2H3/b13-11-. The SMILES string of the molecule is CCCC(=O)/C(=C/NC1=CCN(C)C=C1)C(=O)CCI. The van der Waals surface area contributed by atoms with Crippen LogP contribution in [0.3, 0.4) is 0 Å². The fourth-order valence-corrected chi connectivity index (χ4v) is 2.23. The maximum absolute atomic E-state index is 12.0. The van der Waals surface area contributed by atoms with Crippen LogP contribution in [0.2, 0.25) is 0 Å². The van der Waals surface area contributed by atoms with E-state index in [4.69, 9.17) is 0 Å². The number of rotatable bonds is 8. The van der Waals surface area contributed by atoms with E-state index in [2.05, 4.69) is 27.9 Å². The maximum atomic E-state index is 12.0. The van der Waals surface area contributed by atoms with Gasteiger partial charge >= 0.3 is 0 Å². The Morgan fingerprint density at radius 1 is 1.40 bits per heavy atom. The Hall–Kier alpha value is -1.11. The van der Waals surface area contributed by atoms with Crippen molar-refractivity contribution >= 4 is 34.2 Å². The number of allylic oxidation sites excluding steroid dienone is 2. The molecule has 0 saturated carbocycles. The van der Waals surface area contributed by atoms with E-state index in [1.54, 1.807) is 6.20 Å². The van der Waals surface area contributed by atoms with Gasteiger partial charge in [-0.05, 0) is 18.6 Å². The quantitative estimate of drug-likeness (QED) is 0.228. The first kappa shape index (κ1) is 16.9. The molecular formula is C15H21IN2O2. The molecule has 0 aromatic rings. The first-order valence-corrected chi connectivity index (χ1v) is 8.28. The molecule has 0 unspecified atom stereocenters. The smallest absolute Gasteiger partial charge is 0.168 e. The molecule has 0 aliphatic carbocycles. The van der Waals surface area contributed by atoms with Crippen LogP contribution in [0.5, 0.6) is 0 Å². The average molecular weight is 388 g/mol. The molecule has 0 bridgehead atoms. The van der Waals surface area contributed by atoms with E-state index in [1.165, 1.54) is 0 Å². The number of halogens is 1. The first-order valence-electron chi connectivity index (χ1n) is 6.76. The van der Waals surface area contributed by atoms with E-state index in [0.29, 0.717) is 12.8 Å². The predicted octanol–water partition coefficient (Wildman–Crippen LogP) is 2.57. The molecule has 1 N–H and O–H groups in total. The van der Waals surface area contributed by atoms with Gasteiger partial charge in [-0.25, -0.2) is 0 Å².